The maximum absolute atomic E-state index is 4.44. The van der Waals surface area contributed by atoms with Gasteiger partial charge in [-0.3, -0.25) is 4.90 Å². The Morgan fingerprint density at radius 2 is 2.11 bits per heavy atom. The molecule has 1 aromatic heterocycles. The number of hydrogen-bond acceptors (Lipinski definition) is 5. The zero-order chi connectivity index (χ0) is 14.0. The molecule has 1 fully saturated rings. The quantitative estimate of drug-likeness (QED) is 0.922. The lowest BCUT2D eigenvalue weighted by molar-refractivity contribution is 0.138. The van der Waals surface area contributed by atoms with Crippen LogP contribution < -0.4 is 10.2 Å². The molecule has 0 unspecified atom stereocenters. The number of likely N-dealkylation sites (N-methyl/N-ethyl adjacent to an activating group) is 1. The molecule has 0 atom stereocenters. The highest BCUT2D eigenvalue weighted by Crippen LogP contribution is 2.32. The number of hydrogen-bond donors (Lipinski definition) is 1. The lowest BCUT2D eigenvalue weighted by Crippen LogP contribution is -2.58. The van der Waals surface area contributed by atoms with Crippen molar-refractivity contribution in [3.8, 4) is 0 Å². The lowest BCUT2D eigenvalue weighted by atomic mass is 10.00. The average Bonchev–Trinajstić information content (AvgIpc) is 2.36. The molecule has 0 radical (unpaired) electrons. The molecular weight excluding hydrogens is 306 g/mol. The molecule has 5 nitrogen and oxygen atoms in total. The van der Waals surface area contributed by atoms with Gasteiger partial charge in [0.25, 0.3) is 0 Å². The molecule has 0 saturated carbocycles. The fourth-order valence-corrected chi connectivity index (χ4v) is 2.89. The Balaban J connectivity index is 2.25. The lowest BCUT2D eigenvalue weighted by Gasteiger charge is -2.46. The van der Waals surface area contributed by atoms with Crippen LogP contribution >= 0.6 is 15.9 Å². The number of piperazine rings is 1. The summed E-state index contributed by atoms with van der Waals surface area (Å²) in [6, 6.07) is 0. The van der Waals surface area contributed by atoms with Crippen molar-refractivity contribution in [1.82, 2.24) is 14.9 Å². The fourth-order valence-electron chi connectivity index (χ4n) is 2.29. The third-order valence-electron chi connectivity index (χ3n) is 3.73. The molecular formula is C13H22BrN5. The maximum Gasteiger partial charge on any atom is 0.148 e. The minimum atomic E-state index is 0.154. The molecule has 2 heterocycles. The molecule has 0 amide bonds. The van der Waals surface area contributed by atoms with Gasteiger partial charge in [-0.2, -0.15) is 0 Å². The van der Waals surface area contributed by atoms with Crippen molar-refractivity contribution in [3.63, 3.8) is 0 Å². The van der Waals surface area contributed by atoms with Crippen LogP contribution in [0, 0.1) is 0 Å². The van der Waals surface area contributed by atoms with Crippen LogP contribution in [0.4, 0.5) is 11.6 Å². The van der Waals surface area contributed by atoms with Crippen molar-refractivity contribution in [2.45, 2.75) is 26.3 Å². The summed E-state index contributed by atoms with van der Waals surface area (Å²) in [7, 11) is 2.18. The Morgan fingerprint density at radius 1 is 1.37 bits per heavy atom. The molecule has 1 N–H and O–H groups in total. The summed E-state index contributed by atoms with van der Waals surface area (Å²) >= 11 is 3.63. The molecule has 19 heavy (non-hydrogen) atoms. The molecule has 0 aromatic carbocycles. The third-order valence-corrected chi connectivity index (χ3v) is 4.46. The molecule has 0 spiro atoms. The highest BCUT2D eigenvalue weighted by Gasteiger charge is 2.32. The SMILES string of the molecule is CCNc1ncnc(N2CCN(C)C(C)(C)C2)c1Br. The van der Waals surface area contributed by atoms with E-state index in [1.807, 2.05) is 0 Å². The zero-order valence-electron chi connectivity index (χ0n) is 12.1. The molecule has 1 aromatic rings. The minimum Gasteiger partial charge on any atom is -0.369 e. The second-order valence-electron chi connectivity index (χ2n) is 5.55. The molecule has 106 valence electrons. The van der Waals surface area contributed by atoms with E-state index in [0.717, 1.165) is 42.3 Å². The van der Waals surface area contributed by atoms with E-state index in [2.05, 4.69) is 68.8 Å². The summed E-state index contributed by atoms with van der Waals surface area (Å²) in [5, 5.41) is 3.25. The summed E-state index contributed by atoms with van der Waals surface area (Å²) in [6.45, 7) is 10.4. The molecule has 0 bridgehead atoms. The maximum atomic E-state index is 4.44. The van der Waals surface area contributed by atoms with E-state index in [9.17, 15) is 0 Å². The summed E-state index contributed by atoms with van der Waals surface area (Å²) < 4.78 is 0.956. The van der Waals surface area contributed by atoms with Gasteiger partial charge in [0, 0.05) is 31.7 Å². The monoisotopic (exact) mass is 327 g/mol. The van der Waals surface area contributed by atoms with Crippen molar-refractivity contribution in [2.24, 2.45) is 0 Å². The van der Waals surface area contributed by atoms with Crippen LogP contribution in [0.2, 0.25) is 0 Å². The van der Waals surface area contributed by atoms with Crippen molar-refractivity contribution >= 4 is 27.6 Å². The van der Waals surface area contributed by atoms with Gasteiger partial charge in [0.1, 0.15) is 22.4 Å². The zero-order valence-corrected chi connectivity index (χ0v) is 13.7. The first-order valence-electron chi connectivity index (χ1n) is 6.66. The second kappa shape index (κ2) is 5.63. The van der Waals surface area contributed by atoms with Crippen LogP contribution in [0.1, 0.15) is 20.8 Å². The fraction of sp³-hybridized carbons (Fsp3) is 0.692. The normalized spacial score (nSPS) is 19.5. The van der Waals surface area contributed by atoms with E-state index in [4.69, 9.17) is 0 Å². The highest BCUT2D eigenvalue weighted by molar-refractivity contribution is 9.10. The molecule has 1 saturated heterocycles. The van der Waals surface area contributed by atoms with Crippen LogP contribution in [0.5, 0.6) is 0 Å². The Hall–Kier alpha value is -0.880. The predicted molar refractivity (Wildman–Crippen MR) is 82.8 cm³/mol. The van der Waals surface area contributed by atoms with Crippen LogP contribution in [-0.2, 0) is 0 Å². The van der Waals surface area contributed by atoms with E-state index in [0.29, 0.717) is 0 Å². The van der Waals surface area contributed by atoms with Gasteiger partial charge in [-0.05, 0) is 43.7 Å². The largest absolute Gasteiger partial charge is 0.369 e. The Morgan fingerprint density at radius 3 is 2.74 bits per heavy atom. The van der Waals surface area contributed by atoms with E-state index in [1.54, 1.807) is 6.33 Å². The van der Waals surface area contributed by atoms with Gasteiger partial charge in [-0.15, -0.1) is 0 Å². The van der Waals surface area contributed by atoms with Gasteiger partial charge < -0.3 is 10.2 Å². The van der Waals surface area contributed by atoms with Gasteiger partial charge in [0.05, 0.1) is 0 Å². The van der Waals surface area contributed by atoms with Crippen LogP contribution in [-0.4, -0.2) is 53.6 Å². The molecule has 1 aliphatic rings. The van der Waals surface area contributed by atoms with Crippen molar-refractivity contribution in [2.75, 3.05) is 43.4 Å². The van der Waals surface area contributed by atoms with Gasteiger partial charge in [0.15, 0.2) is 0 Å². The Bertz CT molecular complexity index is 449. The van der Waals surface area contributed by atoms with Crippen molar-refractivity contribution in [1.29, 1.82) is 0 Å². The first kappa shape index (κ1) is 14.5. The Labute approximate surface area is 123 Å². The number of rotatable bonds is 3. The highest BCUT2D eigenvalue weighted by atomic mass is 79.9. The van der Waals surface area contributed by atoms with E-state index in [1.165, 1.54) is 0 Å². The summed E-state index contributed by atoms with van der Waals surface area (Å²) in [4.78, 5) is 13.4. The molecule has 2 rings (SSSR count). The Kier molecular flexibility index (Phi) is 4.30. The van der Waals surface area contributed by atoms with Gasteiger partial charge >= 0.3 is 0 Å². The first-order valence-corrected chi connectivity index (χ1v) is 7.45. The van der Waals surface area contributed by atoms with Gasteiger partial charge in [-0.1, -0.05) is 0 Å². The van der Waals surface area contributed by atoms with Gasteiger partial charge in [0.2, 0.25) is 0 Å². The summed E-state index contributed by atoms with van der Waals surface area (Å²) in [6.07, 6.45) is 1.63. The number of aromatic nitrogens is 2. The van der Waals surface area contributed by atoms with E-state index >= 15 is 0 Å². The summed E-state index contributed by atoms with van der Waals surface area (Å²) in [5.74, 6) is 1.84. The number of halogens is 1. The van der Waals surface area contributed by atoms with Crippen LogP contribution in [0.3, 0.4) is 0 Å². The summed E-state index contributed by atoms with van der Waals surface area (Å²) in [5.41, 5.74) is 0.154. The van der Waals surface area contributed by atoms with Crippen molar-refractivity contribution < 1.29 is 0 Å². The van der Waals surface area contributed by atoms with Gasteiger partial charge in [-0.25, -0.2) is 9.97 Å². The third kappa shape index (κ3) is 3.00. The van der Waals surface area contributed by atoms with Crippen LogP contribution in [0.25, 0.3) is 0 Å². The number of nitrogens with zero attached hydrogens (tertiary/aromatic N) is 4. The average molecular weight is 328 g/mol. The molecule has 1 aliphatic heterocycles. The smallest absolute Gasteiger partial charge is 0.148 e. The number of anilines is 2. The minimum absolute atomic E-state index is 0.154. The number of nitrogens with one attached hydrogen (secondary N) is 1. The van der Waals surface area contributed by atoms with Crippen molar-refractivity contribution in [3.05, 3.63) is 10.8 Å². The molecule has 6 heteroatoms. The second-order valence-corrected chi connectivity index (χ2v) is 6.34. The molecule has 0 aliphatic carbocycles. The topological polar surface area (TPSA) is 44.3 Å². The van der Waals surface area contributed by atoms with E-state index in [-0.39, 0.29) is 5.54 Å². The van der Waals surface area contributed by atoms with E-state index < -0.39 is 0 Å². The van der Waals surface area contributed by atoms with Crippen LogP contribution in [0.15, 0.2) is 10.8 Å². The first-order chi connectivity index (χ1) is 8.95. The predicted octanol–water partition coefficient (Wildman–Crippen LogP) is 2.20. The standard InChI is InChI=1S/C13H22BrN5/c1-5-15-11-10(14)12(17-9-16-11)19-7-6-18(4)13(2,3)8-19/h9H,5-8H2,1-4H3,(H,15,16,17).